The third-order valence-electron chi connectivity index (χ3n) is 3.75. The van der Waals surface area contributed by atoms with Gasteiger partial charge in [0.05, 0.1) is 5.39 Å². The molecular weight excluding hydrogens is 340 g/mol. The number of rotatable bonds is 1. The lowest BCUT2D eigenvalue weighted by Crippen LogP contribution is -2.00. The first-order chi connectivity index (χ1) is 10.7. The predicted octanol–water partition coefficient (Wildman–Crippen LogP) is 5.38. The topological polar surface area (TPSA) is 30.2 Å². The lowest BCUT2D eigenvalue weighted by atomic mass is 10.0. The van der Waals surface area contributed by atoms with Gasteiger partial charge in [0.15, 0.2) is 5.43 Å². The molecule has 0 unspecified atom stereocenters. The van der Waals surface area contributed by atoms with E-state index in [1.54, 1.807) is 12.1 Å². The van der Waals surface area contributed by atoms with Crippen LogP contribution < -0.4 is 5.43 Å². The van der Waals surface area contributed by atoms with Crippen LogP contribution in [0.1, 0.15) is 0 Å². The van der Waals surface area contributed by atoms with Crippen molar-refractivity contribution in [3.05, 3.63) is 81.4 Å². The fourth-order valence-electron chi connectivity index (χ4n) is 2.70. The van der Waals surface area contributed by atoms with Crippen molar-refractivity contribution in [2.24, 2.45) is 0 Å². The van der Waals surface area contributed by atoms with Crippen LogP contribution in [0, 0.1) is 0 Å². The summed E-state index contributed by atoms with van der Waals surface area (Å²) >= 11 is 3.42. The molecule has 0 aliphatic heterocycles. The Morgan fingerprint density at radius 1 is 0.818 bits per heavy atom. The number of fused-ring (bicyclic) bond motifs is 2. The maximum absolute atomic E-state index is 12.3. The molecule has 0 fully saturated rings. The minimum absolute atomic E-state index is 0.0308. The normalized spacial score (nSPS) is 11.1. The zero-order valence-electron chi connectivity index (χ0n) is 11.5. The van der Waals surface area contributed by atoms with Crippen LogP contribution in [-0.4, -0.2) is 0 Å². The van der Waals surface area contributed by atoms with Crippen molar-refractivity contribution in [1.82, 2.24) is 0 Å². The molecule has 0 saturated carbocycles. The second kappa shape index (κ2) is 5.11. The van der Waals surface area contributed by atoms with Crippen molar-refractivity contribution in [2.75, 3.05) is 0 Å². The van der Waals surface area contributed by atoms with Gasteiger partial charge in [-0.1, -0.05) is 58.4 Å². The van der Waals surface area contributed by atoms with Gasteiger partial charge in [0.2, 0.25) is 0 Å². The standard InChI is InChI=1S/C19H11BrO2/c20-13-8-9-16-17(21)11-19(22-18(16)10-13)15-7-3-5-12-4-1-2-6-14(12)15/h1-11H. The Morgan fingerprint density at radius 3 is 2.55 bits per heavy atom. The minimum Gasteiger partial charge on any atom is -0.456 e. The summed E-state index contributed by atoms with van der Waals surface area (Å²) in [4.78, 5) is 12.3. The van der Waals surface area contributed by atoms with Crippen molar-refractivity contribution in [3.63, 3.8) is 0 Å². The van der Waals surface area contributed by atoms with Crippen molar-refractivity contribution in [1.29, 1.82) is 0 Å². The summed E-state index contributed by atoms with van der Waals surface area (Å²) in [6, 6.07) is 21.1. The van der Waals surface area contributed by atoms with Gasteiger partial charge in [0.25, 0.3) is 0 Å². The molecule has 4 aromatic rings. The van der Waals surface area contributed by atoms with E-state index in [1.165, 1.54) is 0 Å². The Hall–Kier alpha value is -2.39. The first-order valence-electron chi connectivity index (χ1n) is 6.94. The molecule has 3 aromatic carbocycles. The van der Waals surface area contributed by atoms with Crippen molar-refractivity contribution >= 4 is 37.7 Å². The van der Waals surface area contributed by atoms with Gasteiger partial charge in [-0.05, 0) is 29.0 Å². The quantitative estimate of drug-likeness (QED) is 0.461. The molecule has 0 amide bonds. The van der Waals surface area contributed by atoms with Crippen LogP contribution >= 0.6 is 15.9 Å². The first kappa shape index (κ1) is 13.3. The van der Waals surface area contributed by atoms with E-state index in [1.807, 2.05) is 42.5 Å². The van der Waals surface area contributed by atoms with E-state index in [4.69, 9.17) is 4.42 Å². The number of halogens is 1. The third kappa shape index (κ3) is 2.14. The maximum atomic E-state index is 12.3. The third-order valence-corrected chi connectivity index (χ3v) is 4.24. The molecule has 0 spiro atoms. The Morgan fingerprint density at radius 2 is 1.64 bits per heavy atom. The van der Waals surface area contributed by atoms with Crippen molar-refractivity contribution in [2.45, 2.75) is 0 Å². The van der Waals surface area contributed by atoms with Gasteiger partial charge in [-0.25, -0.2) is 0 Å². The van der Waals surface area contributed by atoms with Crippen LogP contribution in [0.2, 0.25) is 0 Å². The van der Waals surface area contributed by atoms with E-state index >= 15 is 0 Å². The monoisotopic (exact) mass is 350 g/mol. The highest BCUT2D eigenvalue weighted by molar-refractivity contribution is 9.10. The van der Waals surface area contributed by atoms with Crippen LogP contribution in [-0.2, 0) is 0 Å². The number of hydrogen-bond acceptors (Lipinski definition) is 2. The van der Waals surface area contributed by atoms with E-state index in [0.29, 0.717) is 16.7 Å². The lowest BCUT2D eigenvalue weighted by molar-refractivity contribution is 0.619. The van der Waals surface area contributed by atoms with Crippen LogP contribution in [0.4, 0.5) is 0 Å². The second-order valence-electron chi connectivity index (χ2n) is 5.14. The number of benzene rings is 3. The molecule has 0 aliphatic carbocycles. The van der Waals surface area contributed by atoms with E-state index in [2.05, 4.69) is 28.1 Å². The van der Waals surface area contributed by atoms with E-state index in [0.717, 1.165) is 20.8 Å². The molecule has 22 heavy (non-hydrogen) atoms. The molecule has 0 bridgehead atoms. The molecule has 4 rings (SSSR count). The fraction of sp³-hybridized carbons (Fsp3) is 0. The molecule has 0 saturated heterocycles. The highest BCUT2D eigenvalue weighted by Crippen LogP contribution is 2.30. The van der Waals surface area contributed by atoms with Gasteiger partial charge < -0.3 is 4.42 Å². The van der Waals surface area contributed by atoms with Gasteiger partial charge in [0.1, 0.15) is 11.3 Å². The van der Waals surface area contributed by atoms with Crippen LogP contribution in [0.25, 0.3) is 33.1 Å². The molecule has 1 aromatic heterocycles. The first-order valence-corrected chi connectivity index (χ1v) is 7.73. The zero-order chi connectivity index (χ0) is 15.1. The molecular formula is C19H11BrO2. The summed E-state index contributed by atoms with van der Waals surface area (Å²) in [6.45, 7) is 0. The highest BCUT2D eigenvalue weighted by Gasteiger charge is 2.10. The average Bonchev–Trinajstić information content (AvgIpc) is 2.53. The fourth-order valence-corrected chi connectivity index (χ4v) is 3.04. The predicted molar refractivity (Wildman–Crippen MR) is 93.1 cm³/mol. The molecule has 0 atom stereocenters. The summed E-state index contributed by atoms with van der Waals surface area (Å²) in [5.41, 5.74) is 1.48. The molecule has 3 heteroatoms. The molecule has 0 aliphatic rings. The van der Waals surface area contributed by atoms with E-state index in [-0.39, 0.29) is 5.43 Å². The Labute approximate surface area is 135 Å². The zero-order valence-corrected chi connectivity index (χ0v) is 13.1. The Kier molecular flexibility index (Phi) is 3.09. The number of hydrogen-bond donors (Lipinski definition) is 0. The summed E-state index contributed by atoms with van der Waals surface area (Å²) in [6.07, 6.45) is 0. The van der Waals surface area contributed by atoms with Crippen molar-refractivity contribution in [3.8, 4) is 11.3 Å². The summed E-state index contributed by atoms with van der Waals surface area (Å²) < 4.78 is 6.87. The average molecular weight is 351 g/mol. The van der Waals surface area contributed by atoms with E-state index < -0.39 is 0 Å². The minimum atomic E-state index is -0.0308. The van der Waals surface area contributed by atoms with Gasteiger partial charge in [0, 0.05) is 16.1 Å². The van der Waals surface area contributed by atoms with Crippen LogP contribution in [0.5, 0.6) is 0 Å². The van der Waals surface area contributed by atoms with Gasteiger partial charge in [-0.3, -0.25) is 4.79 Å². The molecule has 106 valence electrons. The van der Waals surface area contributed by atoms with Gasteiger partial charge >= 0.3 is 0 Å². The SMILES string of the molecule is O=c1cc(-c2cccc3ccccc23)oc2cc(Br)ccc12. The Balaban J connectivity index is 2.06. The summed E-state index contributed by atoms with van der Waals surface area (Å²) in [7, 11) is 0. The Bertz CT molecular complexity index is 1060. The lowest BCUT2D eigenvalue weighted by Gasteiger charge is -2.07. The van der Waals surface area contributed by atoms with Gasteiger partial charge in [-0.2, -0.15) is 0 Å². The second-order valence-corrected chi connectivity index (χ2v) is 6.06. The summed E-state index contributed by atoms with van der Waals surface area (Å²) in [5.74, 6) is 0.590. The molecule has 1 heterocycles. The smallest absolute Gasteiger partial charge is 0.193 e. The maximum Gasteiger partial charge on any atom is 0.193 e. The molecule has 2 nitrogen and oxygen atoms in total. The van der Waals surface area contributed by atoms with Gasteiger partial charge in [-0.15, -0.1) is 0 Å². The van der Waals surface area contributed by atoms with Crippen molar-refractivity contribution < 1.29 is 4.42 Å². The van der Waals surface area contributed by atoms with Crippen LogP contribution in [0.3, 0.4) is 0 Å². The molecule has 0 N–H and O–H groups in total. The van der Waals surface area contributed by atoms with Crippen LogP contribution in [0.15, 0.2) is 80.4 Å². The largest absolute Gasteiger partial charge is 0.456 e. The summed E-state index contributed by atoms with van der Waals surface area (Å²) in [5, 5.41) is 2.78. The molecule has 0 radical (unpaired) electrons. The highest BCUT2D eigenvalue weighted by atomic mass is 79.9. The van der Waals surface area contributed by atoms with E-state index in [9.17, 15) is 4.79 Å².